The van der Waals surface area contributed by atoms with E-state index < -0.39 is 43.8 Å². The molecule has 36 heavy (non-hydrogen) atoms. The maximum absolute atomic E-state index is 12.9. The number of hydrogen-bond acceptors (Lipinski definition) is 8. The number of ether oxygens (including phenoxy) is 1. The van der Waals surface area contributed by atoms with Crippen molar-refractivity contribution in [3.63, 3.8) is 0 Å². The van der Waals surface area contributed by atoms with E-state index in [0.29, 0.717) is 11.4 Å². The zero-order valence-electron chi connectivity index (χ0n) is 18.8. The summed E-state index contributed by atoms with van der Waals surface area (Å²) in [6, 6.07) is 25.3. The minimum absolute atomic E-state index is 0.338. The summed E-state index contributed by atoms with van der Waals surface area (Å²) < 4.78 is 74.8. The molecule has 1 fully saturated rings. The van der Waals surface area contributed by atoms with Crippen LogP contribution in [0.25, 0.3) is 21.5 Å². The molecule has 1 aliphatic rings. The summed E-state index contributed by atoms with van der Waals surface area (Å²) >= 11 is 0. The Balaban J connectivity index is 1.58. The lowest BCUT2D eigenvalue weighted by atomic mass is 10.1. The SMILES string of the molecule is O=S(=O)(O)C1CN(Nc2ccc3ccccc3c2)C(Nc2ccc3ccccc3c2)(S(=O)(=O)O)CO1. The van der Waals surface area contributed by atoms with Gasteiger partial charge in [-0.1, -0.05) is 60.7 Å². The number of anilines is 2. The first-order valence-electron chi connectivity index (χ1n) is 10.9. The molecule has 0 aliphatic carbocycles. The first kappa shape index (κ1) is 24.4. The van der Waals surface area contributed by atoms with Crippen LogP contribution >= 0.6 is 0 Å². The van der Waals surface area contributed by atoms with E-state index in [0.717, 1.165) is 26.6 Å². The van der Waals surface area contributed by atoms with Gasteiger partial charge < -0.3 is 15.5 Å². The highest BCUT2D eigenvalue weighted by atomic mass is 32.2. The third-order valence-electron chi connectivity index (χ3n) is 6.09. The Morgan fingerprint density at radius 2 is 1.31 bits per heavy atom. The van der Waals surface area contributed by atoms with E-state index in [2.05, 4.69) is 10.7 Å². The Morgan fingerprint density at radius 1 is 0.778 bits per heavy atom. The molecule has 1 saturated heterocycles. The highest BCUT2D eigenvalue weighted by molar-refractivity contribution is 7.87. The Kier molecular flexibility index (Phi) is 6.11. The van der Waals surface area contributed by atoms with Crippen molar-refractivity contribution in [2.45, 2.75) is 10.4 Å². The van der Waals surface area contributed by atoms with E-state index in [4.69, 9.17) is 4.74 Å². The van der Waals surface area contributed by atoms with Gasteiger partial charge in [-0.25, -0.2) is 0 Å². The second kappa shape index (κ2) is 9.00. The number of fused-ring (bicyclic) bond motifs is 2. The van der Waals surface area contributed by atoms with Crippen LogP contribution in [-0.2, 0) is 25.0 Å². The standard InChI is InChI=1S/C24H23N3O7S2/c28-35(29,30)23-15-27(26-22-12-10-18-6-2-4-8-20(18)14-22)24(16-34-23,36(31,32)33)25-21-11-9-17-5-1-3-7-19(17)13-21/h1-14,23,25-26H,15-16H2,(H,28,29,30)(H,31,32,33). The van der Waals surface area contributed by atoms with Crippen molar-refractivity contribution >= 4 is 53.2 Å². The van der Waals surface area contributed by atoms with Crippen molar-refractivity contribution in [1.82, 2.24) is 5.01 Å². The number of nitrogens with zero attached hydrogens (tertiary/aromatic N) is 1. The smallest absolute Gasteiger partial charge is 0.307 e. The average Bonchev–Trinajstić information content (AvgIpc) is 2.83. The van der Waals surface area contributed by atoms with Gasteiger partial charge >= 0.3 is 10.1 Å². The van der Waals surface area contributed by atoms with Gasteiger partial charge in [-0.15, -0.1) is 0 Å². The van der Waals surface area contributed by atoms with Crippen LogP contribution in [-0.4, -0.2) is 54.5 Å². The number of morpholine rings is 1. The molecular weight excluding hydrogens is 506 g/mol. The molecule has 4 N–H and O–H groups in total. The van der Waals surface area contributed by atoms with Gasteiger partial charge in [0.05, 0.1) is 6.54 Å². The number of nitrogens with one attached hydrogen (secondary N) is 2. The topological polar surface area (TPSA) is 145 Å². The van der Waals surface area contributed by atoms with Gasteiger partial charge in [0.15, 0.2) is 5.44 Å². The molecule has 0 radical (unpaired) electrons. The molecule has 2 unspecified atom stereocenters. The van der Waals surface area contributed by atoms with Gasteiger partial charge in [0, 0.05) is 11.4 Å². The van der Waals surface area contributed by atoms with Gasteiger partial charge in [-0.05, 0) is 45.8 Å². The quantitative estimate of drug-likeness (QED) is 0.274. The lowest BCUT2D eigenvalue weighted by Gasteiger charge is -2.46. The summed E-state index contributed by atoms with van der Waals surface area (Å²) in [7, 11) is -9.66. The van der Waals surface area contributed by atoms with Crippen molar-refractivity contribution in [1.29, 1.82) is 0 Å². The zero-order valence-corrected chi connectivity index (χ0v) is 20.4. The van der Waals surface area contributed by atoms with Gasteiger partial charge in [0.1, 0.15) is 6.61 Å². The predicted octanol–water partition coefficient (Wildman–Crippen LogP) is 3.52. The van der Waals surface area contributed by atoms with Crippen LogP contribution in [0.15, 0.2) is 84.9 Å². The minimum atomic E-state index is -4.97. The molecule has 0 bridgehead atoms. The summed E-state index contributed by atoms with van der Waals surface area (Å²) in [6.07, 6.45) is 0. The molecule has 10 nitrogen and oxygen atoms in total. The average molecular weight is 530 g/mol. The molecule has 2 atom stereocenters. The summed E-state index contributed by atoms with van der Waals surface area (Å²) in [4.78, 5) is -2.33. The van der Waals surface area contributed by atoms with Crippen molar-refractivity contribution in [2.75, 3.05) is 23.9 Å². The monoisotopic (exact) mass is 529 g/mol. The molecule has 188 valence electrons. The number of rotatable bonds is 6. The fourth-order valence-corrected chi connectivity index (χ4v) is 5.68. The Morgan fingerprint density at radius 3 is 1.86 bits per heavy atom. The Bertz CT molecular complexity index is 1660. The van der Waals surface area contributed by atoms with Crippen LogP contribution in [0, 0.1) is 0 Å². The van der Waals surface area contributed by atoms with Crippen LogP contribution < -0.4 is 10.7 Å². The fraction of sp³-hybridized carbons (Fsp3) is 0.167. The maximum Gasteiger partial charge on any atom is 0.307 e. The van der Waals surface area contributed by atoms with Crippen molar-refractivity contribution in [3.8, 4) is 0 Å². The van der Waals surface area contributed by atoms with Crippen LogP contribution in [0.3, 0.4) is 0 Å². The van der Waals surface area contributed by atoms with Gasteiger partial charge in [-0.2, -0.15) is 21.8 Å². The van der Waals surface area contributed by atoms with E-state index in [-0.39, 0.29) is 0 Å². The fourth-order valence-electron chi connectivity index (χ4n) is 4.24. The Labute approximate surface area is 208 Å². The maximum atomic E-state index is 12.9. The van der Waals surface area contributed by atoms with Crippen LogP contribution in [0.2, 0.25) is 0 Å². The summed E-state index contributed by atoms with van der Waals surface area (Å²) in [5.74, 6) is 0. The van der Waals surface area contributed by atoms with E-state index in [1.807, 2.05) is 54.6 Å². The minimum Gasteiger partial charge on any atom is -0.353 e. The normalized spacial score (nSPS) is 21.4. The molecule has 0 aromatic heterocycles. The molecule has 0 spiro atoms. The first-order chi connectivity index (χ1) is 17.0. The van der Waals surface area contributed by atoms with E-state index in [9.17, 15) is 25.9 Å². The summed E-state index contributed by atoms with van der Waals surface area (Å²) in [6.45, 7) is -1.43. The second-order valence-corrected chi connectivity index (χ2v) is 11.7. The Hall–Kier alpha value is -3.26. The van der Waals surface area contributed by atoms with Crippen molar-refractivity contribution < 1.29 is 30.7 Å². The predicted molar refractivity (Wildman–Crippen MR) is 137 cm³/mol. The first-order valence-corrected chi connectivity index (χ1v) is 13.8. The second-order valence-electron chi connectivity index (χ2n) is 8.49. The van der Waals surface area contributed by atoms with E-state index in [1.54, 1.807) is 30.3 Å². The lowest BCUT2D eigenvalue weighted by Crippen LogP contribution is -2.69. The van der Waals surface area contributed by atoms with Crippen molar-refractivity contribution in [2.24, 2.45) is 0 Å². The molecule has 0 saturated carbocycles. The van der Waals surface area contributed by atoms with E-state index >= 15 is 0 Å². The highest BCUT2D eigenvalue weighted by Crippen LogP contribution is 2.33. The van der Waals surface area contributed by atoms with Gasteiger partial charge in [0.2, 0.25) is 0 Å². The number of hydrazine groups is 1. The lowest BCUT2D eigenvalue weighted by molar-refractivity contribution is -0.0308. The molecule has 4 aromatic rings. The molecule has 0 amide bonds. The third-order valence-corrected chi connectivity index (χ3v) is 8.34. The third kappa shape index (κ3) is 4.62. The van der Waals surface area contributed by atoms with Crippen LogP contribution in [0.5, 0.6) is 0 Å². The highest BCUT2D eigenvalue weighted by Gasteiger charge is 2.55. The largest absolute Gasteiger partial charge is 0.353 e. The van der Waals surface area contributed by atoms with Crippen LogP contribution in [0.1, 0.15) is 0 Å². The van der Waals surface area contributed by atoms with Crippen molar-refractivity contribution in [3.05, 3.63) is 84.9 Å². The van der Waals surface area contributed by atoms with E-state index in [1.165, 1.54) is 0 Å². The molecule has 1 aliphatic heterocycles. The molecule has 5 rings (SSSR count). The summed E-state index contributed by atoms with van der Waals surface area (Å²) in [5, 5.41) is 7.37. The molecule has 12 heteroatoms. The molecule has 1 heterocycles. The molecular formula is C24H23N3O7S2. The van der Waals surface area contributed by atoms with Gasteiger partial charge in [0.25, 0.3) is 15.1 Å². The summed E-state index contributed by atoms with van der Waals surface area (Å²) in [5.41, 5.74) is 1.92. The number of hydrogen-bond donors (Lipinski definition) is 4. The van der Waals surface area contributed by atoms with Gasteiger partial charge in [-0.3, -0.25) is 9.11 Å². The molecule has 4 aromatic carbocycles. The number of benzene rings is 4. The zero-order chi connectivity index (χ0) is 25.6. The van der Waals surface area contributed by atoms with Crippen LogP contribution in [0.4, 0.5) is 11.4 Å².